The SMILES string of the molecule is NC(=NCCCC(=O)N1CCc2ccccc2C1)NC1CCCCC1. The highest BCUT2D eigenvalue weighted by Crippen LogP contribution is 2.19. The third-order valence-corrected chi connectivity index (χ3v) is 5.27. The highest BCUT2D eigenvalue weighted by molar-refractivity contribution is 5.78. The standard InChI is InChI=1S/C20H30N4O/c21-20(23-18-9-2-1-3-10-18)22-13-6-11-19(25)24-14-12-16-7-4-5-8-17(16)15-24/h4-5,7-8,18H,1-3,6,9-15H2,(H3,21,22,23). The number of aliphatic imine (C=N–C) groups is 1. The van der Waals surface area contributed by atoms with E-state index in [9.17, 15) is 4.79 Å². The van der Waals surface area contributed by atoms with Gasteiger partial charge in [0.1, 0.15) is 0 Å². The Kier molecular flexibility index (Phi) is 6.31. The summed E-state index contributed by atoms with van der Waals surface area (Å²) in [4.78, 5) is 18.8. The van der Waals surface area contributed by atoms with E-state index in [1.807, 2.05) is 11.0 Å². The Labute approximate surface area is 150 Å². The number of benzene rings is 1. The van der Waals surface area contributed by atoms with E-state index in [-0.39, 0.29) is 5.91 Å². The van der Waals surface area contributed by atoms with Crippen molar-refractivity contribution in [2.75, 3.05) is 13.1 Å². The van der Waals surface area contributed by atoms with E-state index in [0.717, 1.165) is 25.9 Å². The molecule has 0 atom stereocenters. The van der Waals surface area contributed by atoms with Gasteiger partial charge >= 0.3 is 0 Å². The zero-order valence-corrected chi connectivity index (χ0v) is 15.0. The molecule has 1 aromatic rings. The minimum Gasteiger partial charge on any atom is -0.370 e. The second-order valence-electron chi connectivity index (χ2n) is 7.18. The zero-order chi connectivity index (χ0) is 17.5. The molecule has 5 nitrogen and oxygen atoms in total. The van der Waals surface area contributed by atoms with E-state index in [1.54, 1.807) is 0 Å². The third kappa shape index (κ3) is 5.21. The molecule has 25 heavy (non-hydrogen) atoms. The van der Waals surface area contributed by atoms with Gasteiger partial charge in [-0.1, -0.05) is 43.5 Å². The fraction of sp³-hybridized carbons (Fsp3) is 0.600. The number of nitrogens with one attached hydrogen (secondary N) is 1. The van der Waals surface area contributed by atoms with E-state index < -0.39 is 0 Å². The van der Waals surface area contributed by atoms with Crippen molar-refractivity contribution >= 4 is 11.9 Å². The van der Waals surface area contributed by atoms with Crippen LogP contribution in [0.1, 0.15) is 56.1 Å². The molecule has 0 bridgehead atoms. The molecule has 3 N–H and O–H groups in total. The molecule has 0 unspecified atom stereocenters. The molecule has 2 aliphatic rings. The summed E-state index contributed by atoms with van der Waals surface area (Å²) >= 11 is 0. The number of hydrogen-bond acceptors (Lipinski definition) is 2. The van der Waals surface area contributed by atoms with Gasteiger partial charge in [-0.05, 0) is 36.8 Å². The average Bonchev–Trinajstić information content (AvgIpc) is 2.65. The Morgan fingerprint density at radius 3 is 2.76 bits per heavy atom. The molecule has 136 valence electrons. The predicted molar refractivity (Wildman–Crippen MR) is 101 cm³/mol. The summed E-state index contributed by atoms with van der Waals surface area (Å²) in [5.41, 5.74) is 8.61. The van der Waals surface area contributed by atoms with Gasteiger partial charge in [-0.2, -0.15) is 0 Å². The fourth-order valence-electron chi connectivity index (χ4n) is 3.80. The quantitative estimate of drug-likeness (QED) is 0.491. The maximum absolute atomic E-state index is 12.4. The van der Waals surface area contributed by atoms with Crippen LogP contribution in [0.4, 0.5) is 0 Å². The molecular weight excluding hydrogens is 312 g/mol. The van der Waals surface area contributed by atoms with Gasteiger partial charge in [0.15, 0.2) is 5.96 Å². The molecule has 1 fully saturated rings. The van der Waals surface area contributed by atoms with Gasteiger partial charge in [-0.3, -0.25) is 9.79 Å². The van der Waals surface area contributed by atoms with Crippen LogP contribution < -0.4 is 11.1 Å². The van der Waals surface area contributed by atoms with Crippen LogP contribution in [0.15, 0.2) is 29.3 Å². The third-order valence-electron chi connectivity index (χ3n) is 5.27. The Balaban J connectivity index is 1.37. The first-order valence-electron chi connectivity index (χ1n) is 9.63. The number of amides is 1. The fourth-order valence-corrected chi connectivity index (χ4v) is 3.80. The van der Waals surface area contributed by atoms with Crippen molar-refractivity contribution in [2.45, 2.75) is 64.0 Å². The van der Waals surface area contributed by atoms with Crippen molar-refractivity contribution in [2.24, 2.45) is 10.7 Å². The number of rotatable bonds is 5. The van der Waals surface area contributed by atoms with Crippen LogP contribution in [0.2, 0.25) is 0 Å². The predicted octanol–water partition coefficient (Wildman–Crippen LogP) is 2.59. The lowest BCUT2D eigenvalue weighted by Gasteiger charge is -2.29. The van der Waals surface area contributed by atoms with E-state index in [0.29, 0.717) is 25.0 Å². The normalized spacial score (nSPS) is 18.7. The lowest BCUT2D eigenvalue weighted by atomic mass is 9.96. The number of fused-ring (bicyclic) bond motifs is 1. The Bertz CT molecular complexity index is 607. The molecule has 1 heterocycles. The zero-order valence-electron chi connectivity index (χ0n) is 15.0. The Hall–Kier alpha value is -2.04. The van der Waals surface area contributed by atoms with Crippen molar-refractivity contribution in [3.63, 3.8) is 0 Å². The van der Waals surface area contributed by atoms with E-state index in [4.69, 9.17) is 5.73 Å². The first kappa shape index (κ1) is 17.8. The number of carbonyl (C=O) groups excluding carboxylic acids is 1. The summed E-state index contributed by atoms with van der Waals surface area (Å²) < 4.78 is 0. The monoisotopic (exact) mass is 342 g/mol. The summed E-state index contributed by atoms with van der Waals surface area (Å²) in [6.45, 7) is 2.18. The van der Waals surface area contributed by atoms with Crippen LogP contribution in [0, 0.1) is 0 Å². The molecule has 1 saturated carbocycles. The maximum atomic E-state index is 12.4. The first-order valence-corrected chi connectivity index (χ1v) is 9.63. The largest absolute Gasteiger partial charge is 0.370 e. The van der Waals surface area contributed by atoms with E-state index in [2.05, 4.69) is 28.5 Å². The van der Waals surface area contributed by atoms with Crippen molar-refractivity contribution in [3.05, 3.63) is 35.4 Å². The van der Waals surface area contributed by atoms with Crippen molar-refractivity contribution in [1.29, 1.82) is 0 Å². The van der Waals surface area contributed by atoms with Crippen LogP contribution in [0.3, 0.4) is 0 Å². The van der Waals surface area contributed by atoms with Crippen molar-refractivity contribution in [3.8, 4) is 0 Å². The Morgan fingerprint density at radius 1 is 1.20 bits per heavy atom. The molecule has 0 spiro atoms. The highest BCUT2D eigenvalue weighted by atomic mass is 16.2. The average molecular weight is 342 g/mol. The van der Waals surface area contributed by atoms with Crippen LogP contribution >= 0.6 is 0 Å². The van der Waals surface area contributed by atoms with Gasteiger partial charge in [-0.25, -0.2) is 0 Å². The van der Waals surface area contributed by atoms with Gasteiger partial charge in [0.2, 0.25) is 5.91 Å². The van der Waals surface area contributed by atoms with Crippen LogP contribution in [0.25, 0.3) is 0 Å². The molecule has 1 aliphatic heterocycles. The molecule has 1 aliphatic carbocycles. The summed E-state index contributed by atoms with van der Waals surface area (Å²) in [5, 5.41) is 3.31. The van der Waals surface area contributed by atoms with Gasteiger partial charge in [0.05, 0.1) is 0 Å². The topological polar surface area (TPSA) is 70.7 Å². The summed E-state index contributed by atoms with van der Waals surface area (Å²) in [7, 11) is 0. The number of nitrogens with two attached hydrogens (primary N) is 1. The molecule has 0 radical (unpaired) electrons. The van der Waals surface area contributed by atoms with E-state index >= 15 is 0 Å². The summed E-state index contributed by atoms with van der Waals surface area (Å²) in [6.07, 6.45) is 8.51. The summed E-state index contributed by atoms with van der Waals surface area (Å²) in [6, 6.07) is 8.88. The van der Waals surface area contributed by atoms with Crippen molar-refractivity contribution in [1.82, 2.24) is 10.2 Å². The minimum absolute atomic E-state index is 0.225. The number of hydrogen-bond donors (Lipinski definition) is 2. The van der Waals surface area contributed by atoms with Crippen LogP contribution in [0.5, 0.6) is 0 Å². The van der Waals surface area contributed by atoms with Crippen LogP contribution in [-0.2, 0) is 17.8 Å². The molecular formula is C20H30N4O. The second-order valence-corrected chi connectivity index (χ2v) is 7.18. The smallest absolute Gasteiger partial charge is 0.222 e. The first-order chi connectivity index (χ1) is 12.2. The molecule has 1 amide bonds. The highest BCUT2D eigenvalue weighted by Gasteiger charge is 2.19. The number of carbonyl (C=O) groups is 1. The Morgan fingerprint density at radius 2 is 1.96 bits per heavy atom. The maximum Gasteiger partial charge on any atom is 0.222 e. The van der Waals surface area contributed by atoms with E-state index in [1.165, 1.54) is 43.2 Å². The number of guanidine groups is 1. The molecule has 0 aromatic heterocycles. The second kappa shape index (κ2) is 8.88. The minimum atomic E-state index is 0.225. The molecule has 0 saturated heterocycles. The van der Waals surface area contributed by atoms with Gasteiger partial charge in [0, 0.05) is 32.1 Å². The van der Waals surface area contributed by atoms with Gasteiger partial charge < -0.3 is 16.0 Å². The molecule has 1 aromatic carbocycles. The van der Waals surface area contributed by atoms with Gasteiger partial charge in [0.25, 0.3) is 0 Å². The number of nitrogens with zero attached hydrogens (tertiary/aromatic N) is 2. The van der Waals surface area contributed by atoms with Crippen LogP contribution in [-0.4, -0.2) is 35.9 Å². The lowest BCUT2D eigenvalue weighted by Crippen LogP contribution is -2.41. The van der Waals surface area contributed by atoms with Gasteiger partial charge in [-0.15, -0.1) is 0 Å². The van der Waals surface area contributed by atoms with Crippen molar-refractivity contribution < 1.29 is 4.79 Å². The molecule has 5 heteroatoms. The molecule has 3 rings (SSSR count). The summed E-state index contributed by atoms with van der Waals surface area (Å²) in [5.74, 6) is 0.759. The lowest BCUT2D eigenvalue weighted by molar-refractivity contribution is -0.132.